The number of rotatable bonds is 1. The predicted molar refractivity (Wildman–Crippen MR) is 66.7 cm³/mol. The van der Waals surface area contributed by atoms with Gasteiger partial charge in [0.05, 0.1) is 0 Å². The van der Waals surface area contributed by atoms with Gasteiger partial charge in [-0.25, -0.2) is 0 Å². The average Bonchev–Trinajstić information content (AvgIpc) is 2.48. The summed E-state index contributed by atoms with van der Waals surface area (Å²) in [5.41, 5.74) is 5.02. The summed E-state index contributed by atoms with van der Waals surface area (Å²) < 4.78 is 0. The van der Waals surface area contributed by atoms with Crippen LogP contribution in [0, 0.1) is 11.3 Å². The molecular weight excluding hydrogens is 180 g/mol. The molecule has 2 aliphatic carbocycles. The van der Waals surface area contributed by atoms with Crippen molar-refractivity contribution in [3.8, 4) is 0 Å². The van der Waals surface area contributed by atoms with Gasteiger partial charge in [-0.2, -0.15) is 0 Å². The largest absolute Gasteiger partial charge is 0.0996 e. The van der Waals surface area contributed by atoms with Gasteiger partial charge < -0.3 is 0 Å². The summed E-state index contributed by atoms with van der Waals surface area (Å²) in [6, 6.07) is 0. The van der Waals surface area contributed by atoms with E-state index in [0.29, 0.717) is 11.3 Å². The molecular formula is C15H22. The molecule has 0 aromatic rings. The second-order valence-electron chi connectivity index (χ2n) is 5.50. The Morgan fingerprint density at radius 2 is 2.00 bits per heavy atom. The molecule has 2 aliphatic rings. The molecule has 1 saturated carbocycles. The summed E-state index contributed by atoms with van der Waals surface area (Å²) in [6.07, 6.45) is 9.70. The molecule has 2 rings (SSSR count). The average molecular weight is 202 g/mol. The maximum Gasteiger partial charge on any atom is -0.00475 e. The minimum atomic E-state index is 0.397. The third kappa shape index (κ3) is 1.71. The van der Waals surface area contributed by atoms with Crippen molar-refractivity contribution in [1.82, 2.24) is 0 Å². The fraction of sp³-hybridized carbons (Fsp3) is 0.600. The zero-order chi connectivity index (χ0) is 11.1. The van der Waals surface area contributed by atoms with Crippen molar-refractivity contribution in [2.75, 3.05) is 0 Å². The highest BCUT2D eigenvalue weighted by Crippen LogP contribution is 2.52. The highest BCUT2D eigenvalue weighted by molar-refractivity contribution is 5.32. The van der Waals surface area contributed by atoms with Crippen LogP contribution in [0.3, 0.4) is 0 Å². The second kappa shape index (κ2) is 3.66. The van der Waals surface area contributed by atoms with Crippen LogP contribution in [-0.2, 0) is 0 Å². The first-order valence-electron chi connectivity index (χ1n) is 6.08. The quantitative estimate of drug-likeness (QED) is 0.543. The van der Waals surface area contributed by atoms with E-state index in [1.165, 1.54) is 36.8 Å². The molecule has 0 heteroatoms. The minimum absolute atomic E-state index is 0.397. The van der Waals surface area contributed by atoms with Crippen LogP contribution in [0.2, 0.25) is 0 Å². The van der Waals surface area contributed by atoms with Crippen molar-refractivity contribution < 1.29 is 0 Å². The summed E-state index contributed by atoms with van der Waals surface area (Å²) in [4.78, 5) is 0. The Hall–Kier alpha value is -0.780. The van der Waals surface area contributed by atoms with Crippen molar-refractivity contribution >= 4 is 0 Å². The lowest BCUT2D eigenvalue weighted by Crippen LogP contribution is -2.23. The van der Waals surface area contributed by atoms with Crippen molar-refractivity contribution in [1.29, 1.82) is 0 Å². The fourth-order valence-corrected chi connectivity index (χ4v) is 2.96. The van der Waals surface area contributed by atoms with E-state index in [1.807, 2.05) is 0 Å². The molecule has 0 nitrogen and oxygen atoms in total. The van der Waals surface area contributed by atoms with Crippen molar-refractivity contribution in [3.63, 3.8) is 0 Å². The molecule has 0 N–H and O–H groups in total. The zero-order valence-electron chi connectivity index (χ0n) is 10.3. The predicted octanol–water partition coefficient (Wildman–Crippen LogP) is 4.65. The van der Waals surface area contributed by atoms with Crippen LogP contribution in [0.1, 0.15) is 46.5 Å². The lowest BCUT2D eigenvalue weighted by molar-refractivity contribution is 0.317. The third-order valence-electron chi connectivity index (χ3n) is 4.62. The summed E-state index contributed by atoms with van der Waals surface area (Å²) in [7, 11) is 0. The first kappa shape index (κ1) is 10.7. The standard InChI is InChI=1S/C15H22/c1-11-5-7-14(8-6-11)15(4)10-9-12(2)13(15)3/h5,7,13H,2,6,8-10H2,1,3-4H3/t13-,15+/m0/s1. The smallest absolute Gasteiger partial charge is 0.00475 e. The Bertz CT molecular complexity index is 343. The Labute approximate surface area is 93.8 Å². The molecule has 0 amide bonds. The summed E-state index contributed by atoms with van der Waals surface area (Å²) in [6.45, 7) is 11.2. The van der Waals surface area contributed by atoms with Gasteiger partial charge in [-0.05, 0) is 43.9 Å². The molecule has 82 valence electrons. The van der Waals surface area contributed by atoms with E-state index in [9.17, 15) is 0 Å². The zero-order valence-corrected chi connectivity index (χ0v) is 10.3. The molecule has 15 heavy (non-hydrogen) atoms. The van der Waals surface area contributed by atoms with Crippen LogP contribution in [-0.4, -0.2) is 0 Å². The SMILES string of the molecule is C=C1CC[C@@](C)(C2=CC=C(C)CC2)[C@H]1C. The number of hydrogen-bond acceptors (Lipinski definition) is 0. The van der Waals surface area contributed by atoms with Crippen molar-refractivity contribution in [2.24, 2.45) is 11.3 Å². The molecule has 0 unspecified atom stereocenters. The lowest BCUT2D eigenvalue weighted by atomic mass is 9.71. The molecule has 0 radical (unpaired) electrons. The molecule has 0 aromatic carbocycles. The topological polar surface area (TPSA) is 0 Å². The first-order valence-corrected chi connectivity index (χ1v) is 6.08. The Kier molecular flexibility index (Phi) is 2.62. The first-order chi connectivity index (χ1) is 7.04. The van der Waals surface area contributed by atoms with E-state index in [0.717, 1.165) is 0 Å². The van der Waals surface area contributed by atoms with Crippen LogP contribution >= 0.6 is 0 Å². The van der Waals surface area contributed by atoms with Crippen LogP contribution < -0.4 is 0 Å². The fourth-order valence-electron chi connectivity index (χ4n) is 2.96. The molecule has 0 spiro atoms. The maximum atomic E-state index is 4.20. The van der Waals surface area contributed by atoms with Gasteiger partial charge in [-0.3, -0.25) is 0 Å². The van der Waals surface area contributed by atoms with Gasteiger partial charge >= 0.3 is 0 Å². The molecule has 0 heterocycles. The highest BCUT2D eigenvalue weighted by atomic mass is 14.4. The van der Waals surface area contributed by atoms with Crippen LogP contribution in [0.25, 0.3) is 0 Å². The monoisotopic (exact) mass is 202 g/mol. The van der Waals surface area contributed by atoms with Crippen molar-refractivity contribution in [2.45, 2.75) is 46.5 Å². The third-order valence-corrected chi connectivity index (χ3v) is 4.62. The molecule has 0 aliphatic heterocycles. The normalized spacial score (nSPS) is 36.5. The van der Waals surface area contributed by atoms with E-state index in [2.05, 4.69) is 39.5 Å². The minimum Gasteiger partial charge on any atom is -0.0996 e. The van der Waals surface area contributed by atoms with Gasteiger partial charge in [0, 0.05) is 0 Å². The molecule has 1 fully saturated rings. The number of allylic oxidation sites excluding steroid dienone is 5. The number of hydrogen-bond donors (Lipinski definition) is 0. The van der Waals surface area contributed by atoms with Gasteiger partial charge in [-0.1, -0.05) is 49.3 Å². The summed E-state index contributed by atoms with van der Waals surface area (Å²) in [5.74, 6) is 0.663. The van der Waals surface area contributed by atoms with Crippen LogP contribution in [0.15, 0.2) is 35.5 Å². The van der Waals surface area contributed by atoms with E-state index < -0.39 is 0 Å². The van der Waals surface area contributed by atoms with Crippen LogP contribution in [0.4, 0.5) is 0 Å². The second-order valence-corrected chi connectivity index (χ2v) is 5.50. The van der Waals surface area contributed by atoms with E-state index in [4.69, 9.17) is 0 Å². The Balaban J connectivity index is 2.27. The van der Waals surface area contributed by atoms with Gasteiger partial charge in [0.15, 0.2) is 0 Å². The summed E-state index contributed by atoms with van der Waals surface area (Å²) in [5, 5.41) is 0. The van der Waals surface area contributed by atoms with E-state index in [-0.39, 0.29) is 0 Å². The lowest BCUT2D eigenvalue weighted by Gasteiger charge is -2.34. The van der Waals surface area contributed by atoms with Crippen molar-refractivity contribution in [3.05, 3.63) is 35.5 Å². The van der Waals surface area contributed by atoms with E-state index in [1.54, 1.807) is 5.57 Å². The van der Waals surface area contributed by atoms with E-state index >= 15 is 0 Å². The van der Waals surface area contributed by atoms with Gasteiger partial charge in [0.25, 0.3) is 0 Å². The maximum absolute atomic E-state index is 4.20. The van der Waals surface area contributed by atoms with Gasteiger partial charge in [0.2, 0.25) is 0 Å². The van der Waals surface area contributed by atoms with Gasteiger partial charge in [0.1, 0.15) is 0 Å². The molecule has 0 aromatic heterocycles. The molecule has 0 bridgehead atoms. The Morgan fingerprint density at radius 3 is 2.47 bits per heavy atom. The Morgan fingerprint density at radius 1 is 1.27 bits per heavy atom. The van der Waals surface area contributed by atoms with Gasteiger partial charge in [-0.15, -0.1) is 0 Å². The van der Waals surface area contributed by atoms with Crippen LogP contribution in [0.5, 0.6) is 0 Å². The highest BCUT2D eigenvalue weighted by Gasteiger charge is 2.40. The molecule has 2 atom stereocenters. The molecule has 0 saturated heterocycles. The summed E-state index contributed by atoms with van der Waals surface area (Å²) >= 11 is 0.